The van der Waals surface area contributed by atoms with E-state index >= 15 is 0 Å². The lowest BCUT2D eigenvalue weighted by molar-refractivity contribution is -0.120. The second-order valence-electron chi connectivity index (χ2n) is 7.92. The van der Waals surface area contributed by atoms with Gasteiger partial charge < -0.3 is 10.2 Å². The highest BCUT2D eigenvalue weighted by atomic mass is 35.5. The highest BCUT2D eigenvalue weighted by Gasteiger charge is 2.18. The molecule has 31 heavy (non-hydrogen) atoms. The normalized spacial score (nSPS) is 10.7. The van der Waals surface area contributed by atoms with E-state index in [4.69, 9.17) is 11.6 Å². The molecule has 0 aliphatic rings. The number of halogens is 1. The van der Waals surface area contributed by atoms with Gasteiger partial charge in [-0.15, -0.1) is 0 Å². The first kappa shape index (κ1) is 22.6. The summed E-state index contributed by atoms with van der Waals surface area (Å²) in [6, 6.07) is 24.3. The Labute approximate surface area is 188 Å². The van der Waals surface area contributed by atoms with E-state index in [1.54, 1.807) is 29.2 Å². The van der Waals surface area contributed by atoms with E-state index in [1.807, 2.05) is 54.6 Å². The summed E-state index contributed by atoms with van der Waals surface area (Å²) in [5.41, 5.74) is 3.28. The monoisotopic (exact) mass is 434 g/mol. The molecule has 1 N–H and O–H groups in total. The van der Waals surface area contributed by atoms with E-state index in [9.17, 15) is 9.59 Å². The fourth-order valence-electron chi connectivity index (χ4n) is 3.15. The average Bonchev–Trinajstić information content (AvgIpc) is 2.77. The number of rotatable bonds is 8. The zero-order valence-corrected chi connectivity index (χ0v) is 18.6. The Morgan fingerprint density at radius 2 is 1.52 bits per heavy atom. The number of hydrogen-bond acceptors (Lipinski definition) is 2. The van der Waals surface area contributed by atoms with Gasteiger partial charge in [0.25, 0.3) is 5.91 Å². The molecule has 0 radical (unpaired) electrons. The standard InChI is InChI=1S/C26H27ClN2O2/c1-19(2)17-28-25(30)16-20-8-14-24(15-9-20)29(18-21-6-4-3-5-7-21)26(31)22-10-12-23(27)13-11-22/h3-15,19H,16-18H2,1-2H3,(H,28,30). The summed E-state index contributed by atoms with van der Waals surface area (Å²) in [6.07, 6.45) is 0.316. The Kier molecular flexibility index (Phi) is 7.85. The first-order valence-corrected chi connectivity index (χ1v) is 10.8. The molecule has 4 nitrogen and oxygen atoms in total. The molecule has 0 saturated carbocycles. The molecule has 3 aromatic rings. The Morgan fingerprint density at radius 3 is 2.13 bits per heavy atom. The molecule has 0 aliphatic heterocycles. The van der Waals surface area contributed by atoms with E-state index in [2.05, 4.69) is 19.2 Å². The number of nitrogens with zero attached hydrogens (tertiary/aromatic N) is 1. The zero-order valence-electron chi connectivity index (χ0n) is 17.8. The van der Waals surface area contributed by atoms with Crippen LogP contribution >= 0.6 is 11.6 Å². The molecular formula is C26H27ClN2O2. The van der Waals surface area contributed by atoms with Gasteiger partial charge in [-0.3, -0.25) is 9.59 Å². The van der Waals surface area contributed by atoms with Crippen molar-refractivity contribution in [2.45, 2.75) is 26.8 Å². The van der Waals surface area contributed by atoms with Gasteiger partial charge in [0.05, 0.1) is 13.0 Å². The van der Waals surface area contributed by atoms with Gasteiger partial charge in [-0.25, -0.2) is 0 Å². The molecule has 160 valence electrons. The second-order valence-corrected chi connectivity index (χ2v) is 8.36. The number of anilines is 1. The summed E-state index contributed by atoms with van der Waals surface area (Å²) < 4.78 is 0. The first-order chi connectivity index (χ1) is 14.9. The number of carbonyl (C=O) groups is 2. The number of benzene rings is 3. The van der Waals surface area contributed by atoms with Gasteiger partial charge in [0.2, 0.25) is 5.91 Å². The van der Waals surface area contributed by atoms with Crippen LogP contribution in [0.3, 0.4) is 0 Å². The molecule has 0 bridgehead atoms. The van der Waals surface area contributed by atoms with Crippen LogP contribution < -0.4 is 10.2 Å². The van der Waals surface area contributed by atoms with Crippen LogP contribution in [-0.4, -0.2) is 18.4 Å². The number of hydrogen-bond donors (Lipinski definition) is 1. The maximum absolute atomic E-state index is 13.3. The van der Waals surface area contributed by atoms with E-state index in [-0.39, 0.29) is 11.8 Å². The quantitative estimate of drug-likeness (QED) is 0.508. The molecule has 2 amide bonds. The number of nitrogens with one attached hydrogen (secondary N) is 1. The van der Waals surface area contributed by atoms with Crippen molar-refractivity contribution in [2.75, 3.05) is 11.4 Å². The lowest BCUT2D eigenvalue weighted by Crippen LogP contribution is -2.30. The van der Waals surface area contributed by atoms with E-state index in [0.29, 0.717) is 36.0 Å². The highest BCUT2D eigenvalue weighted by Crippen LogP contribution is 2.22. The third kappa shape index (κ3) is 6.69. The predicted octanol–water partition coefficient (Wildman–Crippen LogP) is 5.50. The first-order valence-electron chi connectivity index (χ1n) is 10.4. The van der Waals surface area contributed by atoms with Crippen molar-refractivity contribution < 1.29 is 9.59 Å². The molecule has 0 spiro atoms. The molecule has 0 aromatic heterocycles. The summed E-state index contributed by atoms with van der Waals surface area (Å²) in [5, 5.41) is 3.52. The summed E-state index contributed by atoms with van der Waals surface area (Å²) in [6.45, 7) is 5.23. The molecule has 0 saturated heterocycles. The Morgan fingerprint density at radius 1 is 0.871 bits per heavy atom. The van der Waals surface area contributed by atoms with Crippen molar-refractivity contribution >= 4 is 29.1 Å². The van der Waals surface area contributed by atoms with Crippen molar-refractivity contribution in [1.82, 2.24) is 5.32 Å². The third-order valence-electron chi connectivity index (χ3n) is 4.84. The Hall–Kier alpha value is -3.11. The van der Waals surface area contributed by atoms with Crippen LogP contribution in [0.4, 0.5) is 5.69 Å². The molecule has 0 aliphatic carbocycles. The van der Waals surface area contributed by atoms with Crippen LogP contribution in [0.5, 0.6) is 0 Å². The van der Waals surface area contributed by atoms with Gasteiger partial charge in [-0.1, -0.05) is 67.9 Å². The SMILES string of the molecule is CC(C)CNC(=O)Cc1ccc(N(Cc2ccccc2)C(=O)c2ccc(Cl)cc2)cc1. The number of amides is 2. The van der Waals surface area contributed by atoms with E-state index in [0.717, 1.165) is 16.8 Å². The minimum absolute atomic E-state index is 0.000155. The van der Waals surface area contributed by atoms with Crippen LogP contribution in [0.25, 0.3) is 0 Å². The Balaban J connectivity index is 1.80. The fraction of sp³-hybridized carbons (Fsp3) is 0.231. The van der Waals surface area contributed by atoms with Gasteiger partial charge in [0, 0.05) is 22.8 Å². The maximum atomic E-state index is 13.3. The smallest absolute Gasteiger partial charge is 0.258 e. The van der Waals surface area contributed by atoms with Crippen molar-refractivity contribution in [1.29, 1.82) is 0 Å². The van der Waals surface area contributed by atoms with Crippen LogP contribution in [0.1, 0.15) is 35.3 Å². The molecular weight excluding hydrogens is 408 g/mol. The lowest BCUT2D eigenvalue weighted by atomic mass is 10.1. The van der Waals surface area contributed by atoms with Crippen molar-refractivity contribution in [3.63, 3.8) is 0 Å². The minimum Gasteiger partial charge on any atom is -0.356 e. The maximum Gasteiger partial charge on any atom is 0.258 e. The highest BCUT2D eigenvalue weighted by molar-refractivity contribution is 6.30. The molecule has 0 fully saturated rings. The third-order valence-corrected chi connectivity index (χ3v) is 5.09. The van der Waals surface area contributed by atoms with E-state index in [1.165, 1.54) is 0 Å². The van der Waals surface area contributed by atoms with Gasteiger partial charge in [-0.05, 0) is 53.4 Å². The number of carbonyl (C=O) groups excluding carboxylic acids is 2. The van der Waals surface area contributed by atoms with Crippen LogP contribution in [0, 0.1) is 5.92 Å². The fourth-order valence-corrected chi connectivity index (χ4v) is 3.28. The van der Waals surface area contributed by atoms with E-state index < -0.39 is 0 Å². The molecule has 5 heteroatoms. The van der Waals surface area contributed by atoms with Gasteiger partial charge in [0.15, 0.2) is 0 Å². The van der Waals surface area contributed by atoms with Crippen LogP contribution in [-0.2, 0) is 17.8 Å². The van der Waals surface area contributed by atoms with Gasteiger partial charge >= 0.3 is 0 Å². The van der Waals surface area contributed by atoms with Gasteiger partial charge in [0.1, 0.15) is 0 Å². The second kappa shape index (κ2) is 10.8. The lowest BCUT2D eigenvalue weighted by Gasteiger charge is -2.23. The van der Waals surface area contributed by atoms with Crippen molar-refractivity contribution in [2.24, 2.45) is 5.92 Å². The minimum atomic E-state index is -0.108. The Bertz CT molecular complexity index is 1000. The average molecular weight is 435 g/mol. The topological polar surface area (TPSA) is 49.4 Å². The van der Waals surface area contributed by atoms with Gasteiger partial charge in [-0.2, -0.15) is 0 Å². The molecule has 0 heterocycles. The largest absolute Gasteiger partial charge is 0.356 e. The van der Waals surface area contributed by atoms with Crippen LogP contribution in [0.15, 0.2) is 78.9 Å². The van der Waals surface area contributed by atoms with Crippen LogP contribution in [0.2, 0.25) is 5.02 Å². The van der Waals surface area contributed by atoms with Crippen molar-refractivity contribution in [3.05, 3.63) is 101 Å². The predicted molar refractivity (Wildman–Crippen MR) is 126 cm³/mol. The molecule has 0 unspecified atom stereocenters. The molecule has 3 rings (SSSR count). The van der Waals surface area contributed by atoms with Crippen molar-refractivity contribution in [3.8, 4) is 0 Å². The summed E-state index contributed by atoms with van der Waals surface area (Å²) in [7, 11) is 0. The summed E-state index contributed by atoms with van der Waals surface area (Å²) in [5.74, 6) is 0.305. The summed E-state index contributed by atoms with van der Waals surface area (Å²) in [4.78, 5) is 27.1. The molecule has 3 aromatic carbocycles. The molecule has 0 atom stereocenters. The zero-order chi connectivity index (χ0) is 22.2. The summed E-state index contributed by atoms with van der Waals surface area (Å²) >= 11 is 5.98.